The van der Waals surface area contributed by atoms with Gasteiger partial charge < -0.3 is 5.11 Å². The highest BCUT2D eigenvalue weighted by molar-refractivity contribution is 5.40. The molecule has 1 N–H and O–H groups in total. The van der Waals surface area contributed by atoms with Crippen molar-refractivity contribution in [3.8, 4) is 5.75 Å². The molecule has 1 aliphatic carbocycles. The number of para-hydroxylation sites is 1. The Bertz CT molecular complexity index is 460. The molecule has 0 radical (unpaired) electrons. The Morgan fingerprint density at radius 3 is 2.04 bits per heavy atom. The highest BCUT2D eigenvalue weighted by Crippen LogP contribution is 2.49. The summed E-state index contributed by atoms with van der Waals surface area (Å²) in [5, 5.41) is 10.5. The second-order valence-corrected chi connectivity index (χ2v) is 9.21. The zero-order valence-electron chi connectivity index (χ0n) is 15.8. The highest BCUT2D eigenvalue weighted by Gasteiger charge is 2.35. The summed E-state index contributed by atoms with van der Waals surface area (Å²) in [4.78, 5) is 0. The number of aromatic hydroxyl groups is 1. The predicted octanol–water partition coefficient (Wildman–Crippen LogP) is 6.66. The van der Waals surface area contributed by atoms with Gasteiger partial charge in [-0.2, -0.15) is 0 Å². The van der Waals surface area contributed by atoms with Crippen LogP contribution in [0.1, 0.15) is 90.2 Å². The van der Waals surface area contributed by atoms with Gasteiger partial charge in [-0.05, 0) is 73.3 Å². The fourth-order valence-electron chi connectivity index (χ4n) is 3.35. The number of aryl methyl sites for hydroxylation is 2. The Kier molecular flexibility index (Phi) is 6.17. The van der Waals surface area contributed by atoms with Crippen molar-refractivity contribution in [3.05, 3.63) is 29.3 Å². The van der Waals surface area contributed by atoms with Crippen LogP contribution in [0, 0.1) is 10.8 Å². The average Bonchev–Trinajstić information content (AvgIpc) is 3.20. The minimum absolute atomic E-state index is 0.419. The molecule has 0 saturated heterocycles. The Labute approximate surface area is 143 Å². The van der Waals surface area contributed by atoms with Crippen LogP contribution in [0.3, 0.4) is 0 Å². The van der Waals surface area contributed by atoms with Gasteiger partial charge in [-0.25, -0.2) is 0 Å². The lowest BCUT2D eigenvalue weighted by Crippen LogP contribution is -2.04. The van der Waals surface area contributed by atoms with Gasteiger partial charge in [0.2, 0.25) is 0 Å². The molecule has 0 bridgehead atoms. The van der Waals surface area contributed by atoms with Gasteiger partial charge in [0.25, 0.3) is 0 Å². The van der Waals surface area contributed by atoms with Crippen LogP contribution < -0.4 is 0 Å². The van der Waals surface area contributed by atoms with Crippen LogP contribution in [0.4, 0.5) is 0 Å². The quantitative estimate of drug-likeness (QED) is 0.505. The molecule has 0 heterocycles. The summed E-state index contributed by atoms with van der Waals surface area (Å²) >= 11 is 0. The summed E-state index contributed by atoms with van der Waals surface area (Å²) in [6.07, 6.45) is 12.4. The Morgan fingerprint density at radius 2 is 1.52 bits per heavy atom. The highest BCUT2D eigenvalue weighted by atomic mass is 16.3. The van der Waals surface area contributed by atoms with E-state index in [0.29, 0.717) is 16.6 Å². The summed E-state index contributed by atoms with van der Waals surface area (Å²) in [6.45, 7) is 9.30. The first-order valence-corrected chi connectivity index (χ1v) is 9.59. The molecule has 0 unspecified atom stereocenters. The first-order valence-electron chi connectivity index (χ1n) is 9.59. The van der Waals surface area contributed by atoms with Crippen LogP contribution in [0.15, 0.2) is 18.2 Å². The van der Waals surface area contributed by atoms with Gasteiger partial charge in [-0.15, -0.1) is 0 Å². The van der Waals surface area contributed by atoms with E-state index in [4.69, 9.17) is 0 Å². The number of benzene rings is 1. The van der Waals surface area contributed by atoms with Crippen LogP contribution in [-0.4, -0.2) is 5.11 Å². The molecule has 0 amide bonds. The van der Waals surface area contributed by atoms with Crippen molar-refractivity contribution in [2.45, 2.75) is 91.9 Å². The van der Waals surface area contributed by atoms with E-state index in [1.807, 2.05) is 0 Å². The number of hydrogen-bond donors (Lipinski definition) is 1. The summed E-state index contributed by atoms with van der Waals surface area (Å²) in [5.74, 6) is 0.570. The molecule has 0 aromatic heterocycles. The number of phenols is 1. The third-order valence-corrected chi connectivity index (χ3v) is 5.41. The molecular weight excluding hydrogens is 280 g/mol. The van der Waals surface area contributed by atoms with E-state index >= 15 is 0 Å². The van der Waals surface area contributed by atoms with Crippen molar-refractivity contribution in [1.82, 2.24) is 0 Å². The van der Waals surface area contributed by atoms with Crippen molar-refractivity contribution in [2.24, 2.45) is 10.8 Å². The van der Waals surface area contributed by atoms with Crippen LogP contribution in [-0.2, 0) is 12.8 Å². The van der Waals surface area contributed by atoms with Gasteiger partial charge in [0, 0.05) is 0 Å². The molecule has 1 aliphatic rings. The second kappa shape index (κ2) is 7.73. The van der Waals surface area contributed by atoms with E-state index in [1.165, 1.54) is 51.4 Å². The van der Waals surface area contributed by atoms with Crippen LogP contribution in [0.5, 0.6) is 5.75 Å². The summed E-state index contributed by atoms with van der Waals surface area (Å²) < 4.78 is 0. The largest absolute Gasteiger partial charge is 0.507 e. The SMILES string of the molecule is CC(C)(C)CCCCc1cccc(CCCCC2(C)CC2)c1O. The molecule has 1 aromatic carbocycles. The second-order valence-electron chi connectivity index (χ2n) is 9.21. The Hall–Kier alpha value is -0.980. The normalized spacial score (nSPS) is 16.5. The molecular formula is C22H36O. The maximum atomic E-state index is 10.5. The van der Waals surface area contributed by atoms with Crippen molar-refractivity contribution < 1.29 is 5.11 Å². The van der Waals surface area contributed by atoms with E-state index in [9.17, 15) is 5.11 Å². The molecule has 2 rings (SSSR count). The first-order chi connectivity index (χ1) is 10.8. The molecule has 0 atom stereocenters. The van der Waals surface area contributed by atoms with Crippen LogP contribution in [0.25, 0.3) is 0 Å². The molecule has 0 spiro atoms. The van der Waals surface area contributed by atoms with Crippen LogP contribution in [0.2, 0.25) is 0 Å². The molecule has 0 aliphatic heterocycles. The first kappa shape index (κ1) is 18.4. The maximum Gasteiger partial charge on any atom is 0.121 e. The third-order valence-electron chi connectivity index (χ3n) is 5.41. The number of unbranched alkanes of at least 4 members (excludes halogenated alkanes) is 2. The summed E-state index contributed by atoms with van der Waals surface area (Å²) in [6, 6.07) is 6.32. The molecule has 1 heteroatoms. The third kappa shape index (κ3) is 6.57. The van der Waals surface area contributed by atoms with Crippen molar-refractivity contribution >= 4 is 0 Å². The van der Waals surface area contributed by atoms with Crippen molar-refractivity contribution in [3.63, 3.8) is 0 Å². The zero-order chi connectivity index (χ0) is 16.9. The lowest BCUT2D eigenvalue weighted by molar-refractivity contribution is 0.359. The van der Waals surface area contributed by atoms with Gasteiger partial charge in [-0.1, -0.05) is 58.7 Å². The molecule has 1 aromatic rings. The van der Waals surface area contributed by atoms with E-state index in [0.717, 1.165) is 24.0 Å². The Balaban J connectivity index is 1.75. The van der Waals surface area contributed by atoms with Gasteiger partial charge in [0.15, 0.2) is 0 Å². The van der Waals surface area contributed by atoms with Crippen molar-refractivity contribution in [2.75, 3.05) is 0 Å². The molecule has 23 heavy (non-hydrogen) atoms. The zero-order valence-corrected chi connectivity index (χ0v) is 15.8. The lowest BCUT2D eigenvalue weighted by Gasteiger charge is -2.17. The molecule has 130 valence electrons. The monoisotopic (exact) mass is 316 g/mol. The van der Waals surface area contributed by atoms with E-state index in [1.54, 1.807) is 0 Å². The summed E-state index contributed by atoms with van der Waals surface area (Å²) in [7, 11) is 0. The molecule has 1 saturated carbocycles. The lowest BCUT2D eigenvalue weighted by atomic mass is 9.89. The molecule has 1 nitrogen and oxygen atoms in total. The minimum atomic E-state index is 0.419. The minimum Gasteiger partial charge on any atom is -0.507 e. The van der Waals surface area contributed by atoms with Gasteiger partial charge in [-0.3, -0.25) is 0 Å². The smallest absolute Gasteiger partial charge is 0.121 e. The van der Waals surface area contributed by atoms with E-state index in [2.05, 4.69) is 45.9 Å². The number of rotatable bonds is 9. The van der Waals surface area contributed by atoms with Crippen molar-refractivity contribution in [1.29, 1.82) is 0 Å². The van der Waals surface area contributed by atoms with Crippen LogP contribution >= 0.6 is 0 Å². The standard InChI is InChI=1S/C22H36O/c1-21(2,3)14-7-5-10-18-12-9-13-19(20(18)23)11-6-8-15-22(4)16-17-22/h9,12-13,23H,5-8,10-11,14-17H2,1-4H3. The number of hydrogen-bond acceptors (Lipinski definition) is 1. The maximum absolute atomic E-state index is 10.5. The fraction of sp³-hybridized carbons (Fsp3) is 0.727. The Morgan fingerprint density at radius 1 is 0.957 bits per heavy atom. The predicted molar refractivity (Wildman–Crippen MR) is 100 cm³/mol. The van der Waals surface area contributed by atoms with E-state index in [-0.39, 0.29) is 0 Å². The molecule has 1 fully saturated rings. The van der Waals surface area contributed by atoms with Gasteiger partial charge >= 0.3 is 0 Å². The average molecular weight is 317 g/mol. The number of phenolic OH excluding ortho intramolecular Hbond substituents is 1. The van der Waals surface area contributed by atoms with E-state index < -0.39 is 0 Å². The van der Waals surface area contributed by atoms with Gasteiger partial charge in [0.1, 0.15) is 5.75 Å². The summed E-state index contributed by atoms with van der Waals surface area (Å²) in [5.41, 5.74) is 3.38. The van der Waals surface area contributed by atoms with Gasteiger partial charge in [0.05, 0.1) is 0 Å². The topological polar surface area (TPSA) is 20.2 Å². The fourth-order valence-corrected chi connectivity index (χ4v) is 3.35.